The van der Waals surface area contributed by atoms with Crippen LogP contribution in [0.15, 0.2) is 107 Å². The van der Waals surface area contributed by atoms with Crippen LogP contribution in [0.1, 0.15) is 36.5 Å². The van der Waals surface area contributed by atoms with Crippen LogP contribution in [0.3, 0.4) is 0 Å². The predicted molar refractivity (Wildman–Crippen MR) is 165 cm³/mol. The van der Waals surface area contributed by atoms with E-state index in [9.17, 15) is 31.1 Å². The van der Waals surface area contributed by atoms with Gasteiger partial charge in [0, 0.05) is 30.8 Å². The number of sulfonamides is 1. The van der Waals surface area contributed by atoms with E-state index in [-0.39, 0.29) is 48.5 Å². The van der Waals surface area contributed by atoms with Gasteiger partial charge in [-0.3, -0.25) is 5.01 Å². The van der Waals surface area contributed by atoms with Gasteiger partial charge in [-0.1, -0.05) is 48.9 Å². The first kappa shape index (κ1) is 30.9. The smallest absolute Gasteiger partial charge is 0.416 e. The van der Waals surface area contributed by atoms with Gasteiger partial charge >= 0.3 is 6.18 Å². The number of fused-ring (bicyclic) bond motifs is 1. The van der Waals surface area contributed by atoms with E-state index in [1.165, 1.54) is 34.6 Å². The van der Waals surface area contributed by atoms with E-state index in [1.807, 2.05) is 11.2 Å². The Labute approximate surface area is 260 Å². The number of anilines is 1. The van der Waals surface area contributed by atoms with Crippen LogP contribution in [0.4, 0.5) is 23.2 Å². The van der Waals surface area contributed by atoms with Crippen LogP contribution in [-0.4, -0.2) is 30.9 Å². The molecule has 2 atom stereocenters. The van der Waals surface area contributed by atoms with Gasteiger partial charge in [0.25, 0.3) is 0 Å². The highest BCUT2D eigenvalue weighted by Crippen LogP contribution is 2.48. The lowest BCUT2D eigenvalue weighted by Crippen LogP contribution is -2.38. The van der Waals surface area contributed by atoms with Gasteiger partial charge < -0.3 is 10.5 Å². The molecular formula is C34H33F4N3O3S. The first-order valence-corrected chi connectivity index (χ1v) is 16.4. The van der Waals surface area contributed by atoms with Gasteiger partial charge in [0.05, 0.1) is 22.7 Å². The Morgan fingerprint density at radius 2 is 1.80 bits per heavy atom. The third-order valence-corrected chi connectivity index (χ3v) is 10.6. The Hall–Kier alpha value is -4.09. The molecule has 0 aromatic heterocycles. The number of allylic oxidation sites excluding steroid dienone is 3. The molecule has 0 bridgehead atoms. The molecule has 0 unspecified atom stereocenters. The third-order valence-electron chi connectivity index (χ3n) is 8.83. The van der Waals surface area contributed by atoms with Crippen LogP contribution in [0, 0.1) is 17.7 Å². The Balaban J connectivity index is 1.28. The van der Waals surface area contributed by atoms with E-state index in [0.717, 1.165) is 53.1 Å². The number of hydrogen-bond donors (Lipinski definition) is 2. The summed E-state index contributed by atoms with van der Waals surface area (Å²) in [6.07, 6.45) is 1.15. The number of nitrogens with one attached hydrogen (secondary N) is 1. The number of para-hydroxylation sites is 1. The zero-order valence-electron chi connectivity index (χ0n) is 24.6. The van der Waals surface area contributed by atoms with Crippen molar-refractivity contribution in [1.82, 2.24) is 9.73 Å². The molecule has 2 aliphatic carbocycles. The minimum Gasteiger partial charge on any atom is -0.508 e. The number of hydrogen-bond acceptors (Lipinski definition) is 5. The minimum absolute atomic E-state index is 0.0170. The van der Waals surface area contributed by atoms with Crippen LogP contribution >= 0.6 is 0 Å². The molecule has 6 rings (SSSR count). The maximum atomic E-state index is 13.9. The molecule has 3 aliphatic rings. The number of aromatic hydroxyl groups is 1. The summed E-state index contributed by atoms with van der Waals surface area (Å²) < 4.78 is 82.9. The Kier molecular flexibility index (Phi) is 8.26. The first-order valence-electron chi connectivity index (χ1n) is 14.8. The zero-order valence-corrected chi connectivity index (χ0v) is 25.4. The van der Waals surface area contributed by atoms with Crippen LogP contribution in [-0.2, 0) is 28.4 Å². The molecule has 3 aromatic carbocycles. The van der Waals surface area contributed by atoms with Crippen molar-refractivity contribution in [2.24, 2.45) is 11.8 Å². The fourth-order valence-corrected chi connectivity index (χ4v) is 8.16. The van der Waals surface area contributed by atoms with Gasteiger partial charge in [-0.05, 0) is 84.4 Å². The molecule has 0 radical (unpaired) electrons. The number of hydrazine groups is 1. The molecule has 11 heteroatoms. The van der Waals surface area contributed by atoms with Gasteiger partial charge in [0.2, 0.25) is 10.0 Å². The summed E-state index contributed by atoms with van der Waals surface area (Å²) >= 11 is 0. The highest BCUT2D eigenvalue weighted by atomic mass is 32.2. The quantitative estimate of drug-likeness (QED) is 0.245. The number of benzene rings is 3. The fourth-order valence-electron chi connectivity index (χ4n) is 6.60. The predicted octanol–water partition coefficient (Wildman–Crippen LogP) is 7.07. The van der Waals surface area contributed by atoms with Crippen molar-refractivity contribution in [2.75, 3.05) is 18.1 Å². The standard InChI is InChI=1S/C34H33F4N3O3S/c1-22-30-19-39-41(29-13-11-28(35)12-14-29)31(30)18-25-9-10-26(33(22)25)20-40(16-15-24-6-2-3-8-32(24)42)45(43,44)21-23-5-4-7-27(17-23)34(36,37)38/h2-8,11-14,17-19,22,26,39,42H,9-10,15-16,20-21H2,1H3/t22-,26+/m0/s1. The van der Waals surface area contributed by atoms with E-state index in [0.29, 0.717) is 5.56 Å². The largest absolute Gasteiger partial charge is 0.508 e. The second kappa shape index (κ2) is 12.0. The molecule has 0 spiro atoms. The van der Waals surface area contributed by atoms with Crippen molar-refractivity contribution in [3.8, 4) is 5.75 Å². The maximum Gasteiger partial charge on any atom is 0.416 e. The van der Waals surface area contributed by atoms with Crippen molar-refractivity contribution >= 4 is 15.7 Å². The average Bonchev–Trinajstić information content (AvgIpc) is 3.61. The molecule has 6 nitrogen and oxygen atoms in total. The molecule has 45 heavy (non-hydrogen) atoms. The lowest BCUT2D eigenvalue weighted by atomic mass is 9.80. The minimum atomic E-state index is -4.59. The molecular weight excluding hydrogens is 606 g/mol. The average molecular weight is 640 g/mol. The van der Waals surface area contributed by atoms with Crippen molar-refractivity contribution in [3.05, 3.63) is 130 Å². The van der Waals surface area contributed by atoms with Gasteiger partial charge in [-0.25, -0.2) is 17.1 Å². The van der Waals surface area contributed by atoms with Crippen molar-refractivity contribution in [2.45, 2.75) is 38.1 Å². The second-order valence-electron chi connectivity index (χ2n) is 11.7. The monoisotopic (exact) mass is 639 g/mol. The topological polar surface area (TPSA) is 72.9 Å². The lowest BCUT2D eigenvalue weighted by molar-refractivity contribution is -0.137. The van der Waals surface area contributed by atoms with E-state index >= 15 is 0 Å². The highest BCUT2D eigenvalue weighted by molar-refractivity contribution is 7.88. The van der Waals surface area contributed by atoms with Crippen molar-refractivity contribution < 1.29 is 31.1 Å². The lowest BCUT2D eigenvalue weighted by Gasteiger charge is -2.32. The van der Waals surface area contributed by atoms with E-state index in [2.05, 4.69) is 18.4 Å². The molecule has 3 aromatic rings. The summed E-state index contributed by atoms with van der Waals surface area (Å²) in [6, 6.07) is 17.3. The Bertz CT molecular complexity index is 1800. The summed E-state index contributed by atoms with van der Waals surface area (Å²) in [6.45, 7) is 2.32. The maximum absolute atomic E-state index is 13.9. The van der Waals surface area contributed by atoms with E-state index in [1.54, 1.807) is 30.3 Å². The number of alkyl halides is 3. The molecule has 2 N–H and O–H groups in total. The second-order valence-corrected chi connectivity index (χ2v) is 13.7. The Morgan fingerprint density at radius 1 is 1.04 bits per heavy atom. The van der Waals surface area contributed by atoms with E-state index in [4.69, 9.17) is 0 Å². The zero-order chi connectivity index (χ0) is 31.9. The summed E-state index contributed by atoms with van der Waals surface area (Å²) in [5.74, 6) is -0.956. The third kappa shape index (κ3) is 6.37. The SMILES string of the molecule is C[C@H]1C2=CNN(c3ccc(F)cc3)C2=CC2=C1[C@@H](CN(CCc1ccccc1O)S(=O)(=O)Cc1cccc(C(F)(F)F)c1)CC2. The van der Waals surface area contributed by atoms with Gasteiger partial charge in [0.1, 0.15) is 11.6 Å². The number of halogens is 4. The number of phenolic OH excluding ortho intramolecular Hbond substituents is 1. The van der Waals surface area contributed by atoms with Crippen LogP contribution in [0.5, 0.6) is 5.75 Å². The van der Waals surface area contributed by atoms with Gasteiger partial charge in [-0.2, -0.15) is 13.2 Å². The number of phenols is 1. The molecule has 1 aliphatic heterocycles. The van der Waals surface area contributed by atoms with Crippen molar-refractivity contribution in [3.63, 3.8) is 0 Å². The number of nitrogens with zero attached hydrogens (tertiary/aromatic N) is 2. The normalized spacial score (nSPS) is 19.7. The van der Waals surface area contributed by atoms with Crippen LogP contribution in [0.2, 0.25) is 0 Å². The molecule has 0 amide bonds. The van der Waals surface area contributed by atoms with Crippen LogP contribution < -0.4 is 10.4 Å². The van der Waals surface area contributed by atoms with Crippen molar-refractivity contribution in [1.29, 1.82) is 0 Å². The molecule has 1 heterocycles. The summed E-state index contributed by atoms with van der Waals surface area (Å²) in [4.78, 5) is 0. The molecule has 0 saturated heterocycles. The molecule has 0 fully saturated rings. The van der Waals surface area contributed by atoms with Gasteiger partial charge in [0.15, 0.2) is 0 Å². The van der Waals surface area contributed by atoms with Gasteiger partial charge in [-0.15, -0.1) is 0 Å². The molecule has 0 saturated carbocycles. The highest BCUT2D eigenvalue weighted by Gasteiger charge is 2.40. The fraction of sp³-hybridized carbons (Fsp3) is 0.294. The summed E-state index contributed by atoms with van der Waals surface area (Å²) in [5.41, 5.74) is 8.08. The number of rotatable bonds is 9. The molecule has 236 valence electrons. The first-order chi connectivity index (χ1) is 21.4. The summed E-state index contributed by atoms with van der Waals surface area (Å²) in [7, 11) is -4.05. The summed E-state index contributed by atoms with van der Waals surface area (Å²) in [5, 5.41) is 12.2. The van der Waals surface area contributed by atoms with Crippen LogP contribution in [0.25, 0.3) is 0 Å². The Morgan fingerprint density at radius 3 is 2.53 bits per heavy atom. The van der Waals surface area contributed by atoms with E-state index < -0.39 is 27.5 Å².